The first-order valence-electron chi connectivity index (χ1n) is 7.11. The molecule has 1 N–H and O–H groups in total. The highest BCUT2D eigenvalue weighted by atomic mass is 32.2. The fourth-order valence-electron chi connectivity index (χ4n) is 2.30. The molecular formula is C15H16N2O3S3. The summed E-state index contributed by atoms with van der Waals surface area (Å²) in [4.78, 5) is 12.8. The minimum absolute atomic E-state index is 0.0998. The molecule has 0 atom stereocenters. The first-order valence-corrected chi connectivity index (χ1v) is 10.6. The van der Waals surface area contributed by atoms with Gasteiger partial charge in [-0.1, -0.05) is 18.2 Å². The summed E-state index contributed by atoms with van der Waals surface area (Å²) in [5.74, 6) is 1.18. The van der Waals surface area contributed by atoms with E-state index in [0.29, 0.717) is 18.8 Å². The van der Waals surface area contributed by atoms with E-state index in [9.17, 15) is 13.2 Å². The smallest absolute Gasteiger partial charge is 0.267 e. The summed E-state index contributed by atoms with van der Waals surface area (Å²) in [7, 11) is -3.62. The quantitative estimate of drug-likeness (QED) is 0.901. The van der Waals surface area contributed by atoms with Gasteiger partial charge in [0.25, 0.3) is 5.91 Å². The SMILES string of the molecule is O=C(Nc1ccccc1)c1sccc1S(=O)(=O)N1CCSCC1. The summed E-state index contributed by atoms with van der Waals surface area (Å²) in [6.07, 6.45) is 0. The van der Waals surface area contributed by atoms with Crippen molar-refractivity contribution in [2.24, 2.45) is 0 Å². The molecule has 0 aliphatic carbocycles. The number of anilines is 1. The van der Waals surface area contributed by atoms with Gasteiger partial charge in [0.15, 0.2) is 0 Å². The lowest BCUT2D eigenvalue weighted by Gasteiger charge is -2.25. The van der Waals surface area contributed by atoms with Crippen LogP contribution in [0.3, 0.4) is 0 Å². The Morgan fingerprint density at radius 1 is 1.09 bits per heavy atom. The monoisotopic (exact) mass is 368 g/mol. The molecule has 2 aromatic rings. The number of hydrogen-bond acceptors (Lipinski definition) is 5. The van der Waals surface area contributed by atoms with Crippen molar-refractivity contribution >= 4 is 44.7 Å². The summed E-state index contributed by atoms with van der Waals surface area (Å²) in [6, 6.07) is 10.5. The van der Waals surface area contributed by atoms with Crippen molar-refractivity contribution in [2.75, 3.05) is 29.9 Å². The van der Waals surface area contributed by atoms with E-state index in [0.717, 1.165) is 22.8 Å². The van der Waals surface area contributed by atoms with Gasteiger partial charge in [0.1, 0.15) is 9.77 Å². The molecule has 0 bridgehead atoms. The van der Waals surface area contributed by atoms with Gasteiger partial charge in [0.05, 0.1) is 0 Å². The molecule has 23 heavy (non-hydrogen) atoms. The van der Waals surface area contributed by atoms with Crippen molar-refractivity contribution in [3.05, 3.63) is 46.7 Å². The van der Waals surface area contributed by atoms with Gasteiger partial charge in [-0.3, -0.25) is 4.79 Å². The van der Waals surface area contributed by atoms with Crippen LogP contribution in [0.25, 0.3) is 0 Å². The number of benzene rings is 1. The molecule has 1 aliphatic rings. The predicted molar refractivity (Wildman–Crippen MR) is 94.8 cm³/mol. The molecule has 1 aromatic carbocycles. The zero-order valence-electron chi connectivity index (χ0n) is 12.3. The van der Waals surface area contributed by atoms with Crippen LogP contribution in [0.15, 0.2) is 46.7 Å². The highest BCUT2D eigenvalue weighted by molar-refractivity contribution is 7.99. The van der Waals surface area contributed by atoms with Crippen molar-refractivity contribution in [1.29, 1.82) is 0 Å². The Hall–Kier alpha value is -1.35. The zero-order valence-corrected chi connectivity index (χ0v) is 14.7. The standard InChI is InChI=1S/C15H16N2O3S3/c18-15(16-12-4-2-1-3-5-12)14-13(6-9-22-14)23(19,20)17-7-10-21-11-8-17/h1-6,9H,7-8,10-11H2,(H,16,18). The third-order valence-corrected chi connectivity index (χ3v) is 7.38. The number of carbonyl (C=O) groups is 1. The highest BCUT2D eigenvalue weighted by Gasteiger charge is 2.31. The summed E-state index contributed by atoms with van der Waals surface area (Å²) in [6.45, 7) is 0.977. The van der Waals surface area contributed by atoms with E-state index >= 15 is 0 Å². The summed E-state index contributed by atoms with van der Waals surface area (Å²) < 4.78 is 27.0. The van der Waals surface area contributed by atoms with Gasteiger partial charge in [0.2, 0.25) is 10.0 Å². The normalized spacial score (nSPS) is 16.2. The minimum Gasteiger partial charge on any atom is -0.321 e. The van der Waals surface area contributed by atoms with Crippen LogP contribution in [-0.4, -0.2) is 43.2 Å². The van der Waals surface area contributed by atoms with Crippen LogP contribution in [0.5, 0.6) is 0 Å². The van der Waals surface area contributed by atoms with Gasteiger partial charge < -0.3 is 5.32 Å². The van der Waals surface area contributed by atoms with Gasteiger partial charge in [-0.15, -0.1) is 11.3 Å². The molecule has 0 radical (unpaired) electrons. The van der Waals surface area contributed by atoms with Crippen molar-refractivity contribution in [2.45, 2.75) is 4.90 Å². The number of thioether (sulfide) groups is 1. The number of rotatable bonds is 4. The van der Waals surface area contributed by atoms with Crippen LogP contribution in [0.4, 0.5) is 5.69 Å². The van der Waals surface area contributed by atoms with Crippen molar-refractivity contribution in [3.63, 3.8) is 0 Å². The lowest BCUT2D eigenvalue weighted by Crippen LogP contribution is -2.38. The lowest BCUT2D eigenvalue weighted by atomic mass is 10.3. The van der Waals surface area contributed by atoms with Gasteiger partial charge in [-0.05, 0) is 23.6 Å². The van der Waals surface area contributed by atoms with E-state index in [2.05, 4.69) is 5.32 Å². The Balaban J connectivity index is 1.85. The second kappa shape index (κ2) is 7.04. The van der Waals surface area contributed by atoms with Gasteiger partial charge in [0, 0.05) is 30.3 Å². The number of nitrogens with zero attached hydrogens (tertiary/aromatic N) is 1. The zero-order chi connectivity index (χ0) is 16.3. The lowest BCUT2D eigenvalue weighted by molar-refractivity contribution is 0.102. The van der Waals surface area contributed by atoms with Crippen LogP contribution in [0.1, 0.15) is 9.67 Å². The summed E-state index contributed by atoms with van der Waals surface area (Å²) in [5.41, 5.74) is 0.642. The van der Waals surface area contributed by atoms with E-state index in [4.69, 9.17) is 0 Å². The maximum atomic E-state index is 12.8. The molecule has 5 nitrogen and oxygen atoms in total. The number of carbonyl (C=O) groups excluding carboxylic acids is 1. The maximum Gasteiger partial charge on any atom is 0.267 e. The Kier molecular flexibility index (Phi) is 5.05. The van der Waals surface area contributed by atoms with Crippen LogP contribution in [-0.2, 0) is 10.0 Å². The maximum absolute atomic E-state index is 12.8. The number of amides is 1. The number of hydrogen-bond donors (Lipinski definition) is 1. The predicted octanol–water partition coefficient (Wildman–Crippen LogP) is 2.74. The Morgan fingerprint density at radius 3 is 2.48 bits per heavy atom. The topological polar surface area (TPSA) is 66.5 Å². The Bertz CT molecular complexity index is 781. The molecule has 1 aromatic heterocycles. The number of thiophene rings is 1. The summed E-state index contributed by atoms with van der Waals surface area (Å²) in [5, 5.41) is 4.39. The fourth-order valence-corrected chi connectivity index (χ4v) is 6.17. The van der Waals surface area contributed by atoms with Crippen molar-refractivity contribution in [3.8, 4) is 0 Å². The fraction of sp³-hybridized carbons (Fsp3) is 0.267. The third kappa shape index (κ3) is 3.60. The molecule has 3 rings (SSSR count). The van der Waals surface area contributed by atoms with Gasteiger partial charge >= 0.3 is 0 Å². The second-order valence-corrected chi connectivity index (χ2v) is 9.00. The van der Waals surface area contributed by atoms with Crippen LogP contribution >= 0.6 is 23.1 Å². The molecule has 122 valence electrons. The molecule has 2 heterocycles. The van der Waals surface area contributed by atoms with Crippen LogP contribution in [0.2, 0.25) is 0 Å². The van der Waals surface area contributed by atoms with Crippen LogP contribution < -0.4 is 5.32 Å². The number of sulfonamides is 1. The average molecular weight is 369 g/mol. The molecule has 1 aliphatic heterocycles. The molecule has 1 fully saturated rings. The van der Waals surface area contributed by atoms with E-state index < -0.39 is 15.9 Å². The van der Waals surface area contributed by atoms with E-state index in [1.165, 1.54) is 10.4 Å². The van der Waals surface area contributed by atoms with Crippen LogP contribution in [0, 0.1) is 0 Å². The molecule has 1 saturated heterocycles. The van der Waals surface area contributed by atoms with Gasteiger partial charge in [-0.2, -0.15) is 16.1 Å². The Labute approximate surface area is 143 Å². The first-order chi connectivity index (χ1) is 11.1. The number of nitrogens with one attached hydrogen (secondary N) is 1. The second-order valence-electron chi connectivity index (χ2n) is 4.95. The number of para-hydroxylation sites is 1. The van der Waals surface area contributed by atoms with Crippen molar-refractivity contribution < 1.29 is 13.2 Å². The first kappa shape index (κ1) is 16.5. The summed E-state index contributed by atoms with van der Waals surface area (Å²) >= 11 is 2.89. The molecule has 0 unspecified atom stereocenters. The van der Waals surface area contributed by atoms with E-state index in [1.54, 1.807) is 29.3 Å². The molecule has 0 spiro atoms. The van der Waals surface area contributed by atoms with Crippen molar-refractivity contribution in [1.82, 2.24) is 4.31 Å². The Morgan fingerprint density at radius 2 is 1.78 bits per heavy atom. The molecular weight excluding hydrogens is 352 g/mol. The average Bonchev–Trinajstić information content (AvgIpc) is 3.07. The van der Waals surface area contributed by atoms with Gasteiger partial charge in [-0.25, -0.2) is 8.42 Å². The minimum atomic E-state index is -3.62. The highest BCUT2D eigenvalue weighted by Crippen LogP contribution is 2.27. The third-order valence-electron chi connectivity index (χ3n) is 3.45. The van der Waals surface area contributed by atoms with E-state index in [-0.39, 0.29) is 9.77 Å². The molecule has 0 saturated carbocycles. The largest absolute Gasteiger partial charge is 0.321 e. The molecule has 8 heteroatoms. The van der Waals surface area contributed by atoms with E-state index in [1.807, 2.05) is 18.2 Å². The molecule has 1 amide bonds.